The summed E-state index contributed by atoms with van der Waals surface area (Å²) in [6.45, 7) is 2.43. The number of aromatic nitrogens is 3. The maximum Gasteiger partial charge on any atom is 0.228 e. The third-order valence-electron chi connectivity index (χ3n) is 4.76. The molecule has 7 nitrogen and oxygen atoms in total. The zero-order valence-electron chi connectivity index (χ0n) is 17.1. The molecule has 0 bridgehead atoms. The molecule has 0 atom stereocenters. The maximum absolute atomic E-state index is 12.4. The van der Waals surface area contributed by atoms with Crippen molar-refractivity contribution >= 4 is 23.2 Å². The van der Waals surface area contributed by atoms with Gasteiger partial charge in [0, 0.05) is 23.6 Å². The fourth-order valence-corrected chi connectivity index (χ4v) is 3.43. The molecule has 0 saturated carbocycles. The Morgan fingerprint density at radius 1 is 1.23 bits per heavy atom. The van der Waals surface area contributed by atoms with E-state index in [0.717, 1.165) is 22.6 Å². The van der Waals surface area contributed by atoms with Gasteiger partial charge in [-0.25, -0.2) is 4.98 Å². The molecule has 0 radical (unpaired) electrons. The van der Waals surface area contributed by atoms with E-state index in [1.807, 2.05) is 49.5 Å². The Balaban J connectivity index is 1.40. The van der Waals surface area contributed by atoms with Crippen molar-refractivity contribution in [3.63, 3.8) is 0 Å². The second-order valence-electron chi connectivity index (χ2n) is 7.00. The summed E-state index contributed by atoms with van der Waals surface area (Å²) in [6, 6.07) is 14.5. The van der Waals surface area contributed by atoms with Gasteiger partial charge in [0.05, 0.1) is 25.1 Å². The van der Waals surface area contributed by atoms with Gasteiger partial charge in [0.1, 0.15) is 17.2 Å². The summed E-state index contributed by atoms with van der Waals surface area (Å²) in [4.78, 5) is 17.0. The van der Waals surface area contributed by atoms with Crippen LogP contribution in [0.3, 0.4) is 0 Å². The van der Waals surface area contributed by atoms with E-state index in [4.69, 9.17) is 20.8 Å². The Morgan fingerprint density at radius 3 is 2.71 bits per heavy atom. The molecule has 1 amide bonds. The topological polar surface area (TPSA) is 82.2 Å². The van der Waals surface area contributed by atoms with Crippen molar-refractivity contribution in [2.24, 2.45) is 0 Å². The summed E-state index contributed by atoms with van der Waals surface area (Å²) in [6.07, 6.45) is 3.82. The van der Waals surface area contributed by atoms with E-state index >= 15 is 0 Å². The van der Waals surface area contributed by atoms with Gasteiger partial charge in [-0.05, 0) is 55.0 Å². The van der Waals surface area contributed by atoms with Gasteiger partial charge in [-0.3, -0.25) is 9.48 Å². The Labute approximate surface area is 184 Å². The van der Waals surface area contributed by atoms with Gasteiger partial charge in [0.15, 0.2) is 0 Å². The number of carbonyl (C=O) groups excluding carboxylic acids is 1. The second kappa shape index (κ2) is 9.06. The number of benzene rings is 2. The number of nitrogens with one attached hydrogen (secondary N) is 1. The molecule has 4 rings (SSSR count). The standard InChI is InChI=1S/C23H21ClN4O3/c1-15-20(14-28-11-3-10-25-28)27-23(31-15)17-5-7-18(8-6-17)26-22(29)13-16-4-9-21(30-2)19(24)12-16/h3-12H,13-14H2,1-2H3,(H,26,29). The zero-order valence-corrected chi connectivity index (χ0v) is 17.9. The molecule has 31 heavy (non-hydrogen) atoms. The molecule has 0 unspecified atom stereocenters. The fourth-order valence-electron chi connectivity index (χ4n) is 3.15. The average Bonchev–Trinajstić information content (AvgIpc) is 3.39. The lowest BCUT2D eigenvalue weighted by molar-refractivity contribution is -0.115. The molecule has 0 saturated heterocycles. The van der Waals surface area contributed by atoms with Crippen molar-refractivity contribution in [2.45, 2.75) is 19.9 Å². The van der Waals surface area contributed by atoms with Crippen molar-refractivity contribution in [2.75, 3.05) is 12.4 Å². The Hall–Kier alpha value is -3.58. The summed E-state index contributed by atoms with van der Waals surface area (Å²) in [5.41, 5.74) is 3.15. The Morgan fingerprint density at radius 2 is 2.03 bits per heavy atom. The highest BCUT2D eigenvalue weighted by molar-refractivity contribution is 6.32. The van der Waals surface area contributed by atoms with Crippen LogP contribution in [0, 0.1) is 6.92 Å². The van der Waals surface area contributed by atoms with Gasteiger partial charge in [-0.1, -0.05) is 17.7 Å². The smallest absolute Gasteiger partial charge is 0.228 e. The summed E-state index contributed by atoms with van der Waals surface area (Å²) in [5.74, 6) is 1.73. The van der Waals surface area contributed by atoms with E-state index in [1.54, 1.807) is 30.1 Å². The molecule has 1 N–H and O–H groups in total. The van der Waals surface area contributed by atoms with Gasteiger partial charge in [0.2, 0.25) is 11.8 Å². The molecule has 0 aliphatic heterocycles. The predicted octanol–water partition coefficient (Wildman–Crippen LogP) is 4.74. The Bertz CT molecular complexity index is 1180. The van der Waals surface area contributed by atoms with E-state index in [0.29, 0.717) is 28.9 Å². The first-order chi connectivity index (χ1) is 15.0. The van der Waals surface area contributed by atoms with Crippen molar-refractivity contribution in [1.29, 1.82) is 0 Å². The summed E-state index contributed by atoms with van der Waals surface area (Å²) in [7, 11) is 1.55. The van der Waals surface area contributed by atoms with Crippen LogP contribution in [0.15, 0.2) is 65.3 Å². The van der Waals surface area contributed by atoms with Gasteiger partial charge in [-0.15, -0.1) is 0 Å². The normalized spacial score (nSPS) is 10.8. The lowest BCUT2D eigenvalue weighted by Crippen LogP contribution is -2.14. The number of aryl methyl sites for hydroxylation is 1. The van der Waals surface area contributed by atoms with E-state index in [-0.39, 0.29) is 12.3 Å². The molecule has 0 aliphatic rings. The van der Waals surface area contributed by atoms with Crippen LogP contribution < -0.4 is 10.1 Å². The quantitative estimate of drug-likeness (QED) is 0.452. The van der Waals surface area contributed by atoms with Crippen molar-refractivity contribution < 1.29 is 13.9 Å². The van der Waals surface area contributed by atoms with Crippen LogP contribution in [0.2, 0.25) is 5.02 Å². The molecular formula is C23H21ClN4O3. The molecule has 0 spiro atoms. The SMILES string of the molecule is COc1ccc(CC(=O)Nc2ccc(-c3nc(Cn4cccn4)c(C)o3)cc2)cc1Cl. The highest BCUT2D eigenvalue weighted by Crippen LogP contribution is 2.26. The first kappa shape index (κ1) is 20.7. The van der Waals surface area contributed by atoms with Crippen LogP contribution in [-0.4, -0.2) is 27.8 Å². The monoisotopic (exact) mass is 436 g/mol. The third kappa shape index (κ3) is 4.95. The molecule has 2 heterocycles. The summed E-state index contributed by atoms with van der Waals surface area (Å²) in [5, 5.41) is 7.56. The number of rotatable bonds is 7. The molecule has 0 fully saturated rings. The average molecular weight is 437 g/mol. The van der Waals surface area contributed by atoms with Crippen molar-refractivity contribution in [1.82, 2.24) is 14.8 Å². The summed E-state index contributed by atoms with van der Waals surface area (Å²) < 4.78 is 12.7. The lowest BCUT2D eigenvalue weighted by atomic mass is 10.1. The van der Waals surface area contributed by atoms with E-state index in [1.165, 1.54) is 0 Å². The minimum Gasteiger partial charge on any atom is -0.495 e. The van der Waals surface area contributed by atoms with Crippen LogP contribution in [-0.2, 0) is 17.8 Å². The fraction of sp³-hybridized carbons (Fsp3) is 0.174. The highest BCUT2D eigenvalue weighted by Gasteiger charge is 2.13. The number of nitrogens with zero attached hydrogens (tertiary/aromatic N) is 3. The molecule has 2 aromatic heterocycles. The number of methoxy groups -OCH3 is 1. The summed E-state index contributed by atoms with van der Waals surface area (Å²) >= 11 is 6.12. The van der Waals surface area contributed by atoms with Crippen LogP contribution in [0.1, 0.15) is 17.0 Å². The van der Waals surface area contributed by atoms with Crippen molar-refractivity contribution in [3.05, 3.63) is 83.0 Å². The molecular weight excluding hydrogens is 416 g/mol. The minimum atomic E-state index is -0.137. The van der Waals surface area contributed by atoms with Gasteiger partial charge in [-0.2, -0.15) is 5.10 Å². The number of hydrogen-bond acceptors (Lipinski definition) is 5. The molecule has 2 aromatic carbocycles. The second-order valence-corrected chi connectivity index (χ2v) is 7.40. The minimum absolute atomic E-state index is 0.137. The number of anilines is 1. The van der Waals surface area contributed by atoms with E-state index in [2.05, 4.69) is 15.4 Å². The number of hydrogen-bond donors (Lipinski definition) is 1. The van der Waals surface area contributed by atoms with Crippen LogP contribution in [0.25, 0.3) is 11.5 Å². The number of halogens is 1. The zero-order chi connectivity index (χ0) is 21.8. The highest BCUT2D eigenvalue weighted by atomic mass is 35.5. The van der Waals surface area contributed by atoms with Crippen LogP contribution in [0.5, 0.6) is 5.75 Å². The number of oxazole rings is 1. The van der Waals surface area contributed by atoms with Gasteiger partial charge < -0.3 is 14.5 Å². The number of carbonyl (C=O) groups is 1. The third-order valence-corrected chi connectivity index (χ3v) is 5.06. The van der Waals surface area contributed by atoms with Gasteiger partial charge in [0.25, 0.3) is 0 Å². The predicted molar refractivity (Wildman–Crippen MR) is 118 cm³/mol. The molecule has 8 heteroatoms. The Kier molecular flexibility index (Phi) is 6.04. The van der Waals surface area contributed by atoms with E-state index in [9.17, 15) is 4.79 Å². The number of ether oxygens (including phenoxy) is 1. The first-order valence-corrected chi connectivity index (χ1v) is 10.1. The molecule has 4 aromatic rings. The molecule has 0 aliphatic carbocycles. The maximum atomic E-state index is 12.4. The van der Waals surface area contributed by atoms with E-state index < -0.39 is 0 Å². The van der Waals surface area contributed by atoms with Crippen LogP contribution in [0.4, 0.5) is 5.69 Å². The molecule has 158 valence electrons. The van der Waals surface area contributed by atoms with Crippen molar-refractivity contribution in [3.8, 4) is 17.2 Å². The lowest BCUT2D eigenvalue weighted by Gasteiger charge is -2.08. The van der Waals surface area contributed by atoms with Crippen LogP contribution >= 0.6 is 11.6 Å². The number of amides is 1. The first-order valence-electron chi connectivity index (χ1n) is 9.68. The largest absolute Gasteiger partial charge is 0.495 e. The van der Waals surface area contributed by atoms with Gasteiger partial charge >= 0.3 is 0 Å².